The van der Waals surface area contributed by atoms with Crippen LogP contribution in [-0.2, 0) is 4.79 Å². The standard InChI is InChI=1S/C10H6Br5N5OS/c11-3-4(12)6(14)8(7(15)5(3)13)17-2(21)1-22-10-18-9(16)19-20-10/h1H2,(H,17,21)(H3,16,18,19,20). The number of aromatic nitrogens is 3. The molecule has 0 unspecified atom stereocenters. The number of amides is 1. The molecule has 0 saturated carbocycles. The molecule has 12 heteroatoms. The van der Waals surface area contributed by atoms with Gasteiger partial charge in [0.05, 0.1) is 20.4 Å². The number of nitrogens with one attached hydrogen (secondary N) is 2. The maximum absolute atomic E-state index is 12.1. The van der Waals surface area contributed by atoms with E-state index in [9.17, 15) is 4.79 Å². The normalized spacial score (nSPS) is 10.8. The van der Waals surface area contributed by atoms with Gasteiger partial charge in [0, 0.05) is 13.4 Å². The van der Waals surface area contributed by atoms with Crippen LogP contribution in [0, 0.1) is 0 Å². The summed E-state index contributed by atoms with van der Waals surface area (Å²) in [6, 6.07) is 0. The number of nitrogens with zero attached hydrogens (tertiary/aromatic N) is 2. The third-order valence-electron chi connectivity index (χ3n) is 2.29. The highest BCUT2D eigenvalue weighted by atomic mass is 79.9. The zero-order valence-corrected chi connectivity index (χ0v) is 19.1. The molecule has 0 aliphatic rings. The van der Waals surface area contributed by atoms with E-state index in [4.69, 9.17) is 5.73 Å². The van der Waals surface area contributed by atoms with Crippen molar-refractivity contribution in [2.24, 2.45) is 0 Å². The molecule has 2 aromatic rings. The van der Waals surface area contributed by atoms with Crippen LogP contribution in [0.2, 0.25) is 0 Å². The SMILES string of the molecule is Nc1nc(SCC(=O)Nc2c(Br)c(Br)c(Br)c(Br)c2Br)n[nH]1. The molecule has 0 atom stereocenters. The number of hydrogen-bond acceptors (Lipinski definition) is 5. The van der Waals surface area contributed by atoms with E-state index in [1.807, 2.05) is 0 Å². The second-order valence-electron chi connectivity index (χ2n) is 3.78. The van der Waals surface area contributed by atoms with Gasteiger partial charge in [-0.15, -0.1) is 5.10 Å². The number of H-pyrrole nitrogens is 1. The van der Waals surface area contributed by atoms with Crippen LogP contribution in [0.3, 0.4) is 0 Å². The number of benzene rings is 1. The van der Waals surface area contributed by atoms with Crippen molar-refractivity contribution in [2.45, 2.75) is 5.16 Å². The molecule has 1 amide bonds. The van der Waals surface area contributed by atoms with Gasteiger partial charge < -0.3 is 11.1 Å². The lowest BCUT2D eigenvalue weighted by Crippen LogP contribution is -2.15. The molecule has 4 N–H and O–H groups in total. The Morgan fingerprint density at radius 2 is 1.64 bits per heavy atom. The van der Waals surface area contributed by atoms with Gasteiger partial charge >= 0.3 is 0 Å². The molecule has 1 aromatic carbocycles. The molecule has 0 aliphatic heterocycles. The van der Waals surface area contributed by atoms with Crippen LogP contribution < -0.4 is 11.1 Å². The molecule has 0 fully saturated rings. The van der Waals surface area contributed by atoms with Crippen molar-refractivity contribution < 1.29 is 4.79 Å². The van der Waals surface area contributed by atoms with Gasteiger partial charge in [0.15, 0.2) is 0 Å². The summed E-state index contributed by atoms with van der Waals surface area (Å²) in [6.45, 7) is 0. The molecule has 6 nitrogen and oxygen atoms in total. The Bertz CT molecular complexity index is 708. The molecule has 1 heterocycles. The second-order valence-corrected chi connectivity index (χ2v) is 8.69. The molecule has 118 valence electrons. The fourth-order valence-electron chi connectivity index (χ4n) is 1.34. The third-order valence-corrected chi connectivity index (χ3v) is 9.23. The Morgan fingerprint density at radius 3 is 2.14 bits per heavy atom. The first-order chi connectivity index (χ1) is 10.3. The Morgan fingerprint density at radius 1 is 1.09 bits per heavy atom. The van der Waals surface area contributed by atoms with Crippen molar-refractivity contribution in [3.8, 4) is 0 Å². The molecular formula is C10H6Br5N5OS. The molecule has 22 heavy (non-hydrogen) atoms. The third kappa shape index (κ3) is 4.26. The van der Waals surface area contributed by atoms with Gasteiger partial charge in [0.2, 0.25) is 17.0 Å². The second kappa shape index (κ2) is 7.97. The number of carbonyl (C=O) groups excluding carboxylic acids is 1. The Kier molecular flexibility index (Phi) is 6.78. The van der Waals surface area contributed by atoms with Gasteiger partial charge in [-0.2, -0.15) is 4.98 Å². The van der Waals surface area contributed by atoms with Gasteiger partial charge in [0.1, 0.15) is 0 Å². The predicted molar refractivity (Wildman–Crippen MR) is 105 cm³/mol. The Hall–Kier alpha value is 0.380. The molecule has 2 rings (SSSR count). The van der Waals surface area contributed by atoms with Crippen LogP contribution in [-0.4, -0.2) is 26.8 Å². The minimum atomic E-state index is -0.198. The van der Waals surface area contributed by atoms with Crippen molar-refractivity contribution in [1.82, 2.24) is 15.2 Å². The van der Waals surface area contributed by atoms with Crippen LogP contribution in [0.15, 0.2) is 27.5 Å². The highest BCUT2D eigenvalue weighted by Crippen LogP contribution is 2.47. The average Bonchev–Trinajstić information content (AvgIpc) is 2.91. The van der Waals surface area contributed by atoms with E-state index in [-0.39, 0.29) is 17.6 Å². The summed E-state index contributed by atoms with van der Waals surface area (Å²) in [7, 11) is 0. The fourth-order valence-corrected chi connectivity index (χ4v) is 5.19. The summed E-state index contributed by atoms with van der Waals surface area (Å²) in [5.74, 6) is 0.173. The van der Waals surface area contributed by atoms with Crippen LogP contribution in [0.25, 0.3) is 0 Å². The number of carbonyl (C=O) groups is 1. The summed E-state index contributed by atoms with van der Waals surface area (Å²) in [4.78, 5) is 16.0. The highest BCUT2D eigenvalue weighted by Gasteiger charge is 2.19. The lowest BCUT2D eigenvalue weighted by molar-refractivity contribution is -0.113. The zero-order chi connectivity index (χ0) is 16.4. The summed E-state index contributed by atoms with van der Waals surface area (Å²) < 4.78 is 3.83. The van der Waals surface area contributed by atoms with E-state index < -0.39 is 0 Å². The van der Waals surface area contributed by atoms with Crippen LogP contribution in [0.5, 0.6) is 0 Å². The van der Waals surface area contributed by atoms with Crippen molar-refractivity contribution in [1.29, 1.82) is 0 Å². The van der Waals surface area contributed by atoms with Crippen molar-refractivity contribution in [2.75, 3.05) is 16.8 Å². The summed E-state index contributed by atoms with van der Waals surface area (Å²) in [5, 5.41) is 9.62. The number of nitrogens with two attached hydrogens (primary N) is 1. The minimum absolute atomic E-state index is 0.154. The maximum atomic E-state index is 12.1. The maximum Gasteiger partial charge on any atom is 0.234 e. The predicted octanol–water partition coefficient (Wildman–Crippen LogP) is 4.93. The number of hydrogen-bond donors (Lipinski definition) is 3. The Labute approximate surface area is 171 Å². The average molecular weight is 644 g/mol. The van der Waals surface area contributed by atoms with Gasteiger partial charge in [-0.3, -0.25) is 4.79 Å². The zero-order valence-electron chi connectivity index (χ0n) is 10.4. The summed E-state index contributed by atoms with van der Waals surface area (Å²) in [6.07, 6.45) is 0. The van der Waals surface area contributed by atoms with Crippen molar-refractivity contribution in [3.05, 3.63) is 22.4 Å². The molecule has 0 bridgehead atoms. The molecule has 0 spiro atoms. The minimum Gasteiger partial charge on any atom is -0.368 e. The van der Waals surface area contributed by atoms with E-state index in [1.54, 1.807) is 0 Å². The number of thioether (sulfide) groups is 1. The number of anilines is 2. The number of aromatic amines is 1. The van der Waals surface area contributed by atoms with Crippen LogP contribution in [0.4, 0.5) is 11.6 Å². The van der Waals surface area contributed by atoms with E-state index >= 15 is 0 Å². The molecular weight excluding hydrogens is 638 g/mol. The first kappa shape index (κ1) is 18.7. The number of rotatable bonds is 4. The van der Waals surface area contributed by atoms with E-state index in [2.05, 4.69) is 100 Å². The Balaban J connectivity index is 2.12. The fraction of sp³-hybridized carbons (Fsp3) is 0.100. The lowest BCUT2D eigenvalue weighted by Gasteiger charge is -2.14. The van der Waals surface area contributed by atoms with Crippen LogP contribution >= 0.6 is 91.4 Å². The molecule has 0 aliphatic carbocycles. The van der Waals surface area contributed by atoms with Gasteiger partial charge in [-0.1, -0.05) is 11.8 Å². The monoisotopic (exact) mass is 639 g/mol. The highest BCUT2D eigenvalue weighted by molar-refractivity contribution is 9.15. The van der Waals surface area contributed by atoms with Crippen molar-refractivity contribution >= 4 is 109 Å². The lowest BCUT2D eigenvalue weighted by atomic mass is 10.3. The van der Waals surface area contributed by atoms with Gasteiger partial charge in [-0.05, 0) is 79.6 Å². The summed E-state index contributed by atoms with van der Waals surface area (Å²) >= 11 is 18.4. The van der Waals surface area contributed by atoms with Gasteiger partial charge in [0.25, 0.3) is 0 Å². The largest absolute Gasteiger partial charge is 0.368 e. The number of nitrogen functional groups attached to an aromatic ring is 1. The summed E-state index contributed by atoms with van der Waals surface area (Å²) in [5.41, 5.74) is 6.04. The van der Waals surface area contributed by atoms with Crippen LogP contribution in [0.1, 0.15) is 0 Å². The molecule has 0 saturated heterocycles. The van der Waals surface area contributed by atoms with Crippen molar-refractivity contribution in [3.63, 3.8) is 0 Å². The number of halogens is 5. The quantitative estimate of drug-likeness (QED) is 0.250. The first-order valence-corrected chi connectivity index (χ1v) is 10.4. The van der Waals surface area contributed by atoms with E-state index in [1.165, 1.54) is 11.8 Å². The first-order valence-electron chi connectivity index (χ1n) is 5.43. The molecule has 0 radical (unpaired) electrons. The molecule has 1 aromatic heterocycles. The van der Waals surface area contributed by atoms with Gasteiger partial charge in [-0.25, -0.2) is 5.10 Å². The van der Waals surface area contributed by atoms with E-state index in [0.29, 0.717) is 10.8 Å². The smallest absolute Gasteiger partial charge is 0.234 e. The topological polar surface area (TPSA) is 96.7 Å². The van der Waals surface area contributed by atoms with E-state index in [0.717, 1.165) is 22.4 Å².